The van der Waals surface area contributed by atoms with Gasteiger partial charge in [-0.1, -0.05) is 42.5 Å². The van der Waals surface area contributed by atoms with Gasteiger partial charge in [0, 0.05) is 31.9 Å². The molecule has 5 aromatic carbocycles. The predicted octanol–water partition coefficient (Wildman–Crippen LogP) is 5.79. The molecule has 0 radical (unpaired) electrons. The first-order chi connectivity index (χ1) is 33.9. The van der Waals surface area contributed by atoms with Crippen LogP contribution in [0.4, 0.5) is 5.69 Å². The van der Waals surface area contributed by atoms with Crippen molar-refractivity contribution in [2.45, 2.75) is 29.4 Å². The summed E-state index contributed by atoms with van der Waals surface area (Å²) < 4.78 is 191. The quantitative estimate of drug-likeness (QED) is 0.125. The molecule has 396 valence electrons. The molecule has 20 nitrogen and oxygen atoms in total. The molecule has 74 heavy (non-hydrogen) atoms. The zero-order valence-electron chi connectivity index (χ0n) is 41.1. The second kappa shape index (κ2) is 17.1. The normalized spacial score (nSPS) is 17.6. The molecular formula is C47H49N2O18PS6. The van der Waals surface area contributed by atoms with E-state index in [1.807, 2.05) is 0 Å². The standard InChI is InChI=1S/C24H24O18PS6.C23H25N2/c1-44(25,26)19-7-13-14(8-20(19)45(2,27)28)38-43(37-13,39-15-9-21(46(3,29)30)22(47(4,31)32)10-16(15)40-43)41-17-11-23(48(5,33)34)24(49(6,35)36)12-18(17)42-43;1-24(2)21-14-10-19(11-15-21)23(18-8-6-5-7-9-18)20-12-16-22(17-13-20)25(3)4/h7-12H,1-6H3;5-17H,1-4H3/q-1;+1. The Hall–Kier alpha value is -6.28. The summed E-state index contributed by atoms with van der Waals surface area (Å²) in [5.74, 6) is -3.90. The second-order valence-electron chi connectivity index (χ2n) is 18.2. The van der Waals surface area contributed by atoms with Crippen molar-refractivity contribution < 1.29 is 82.2 Å². The fraction of sp³-hybridized carbons (Fsp3) is 0.213. The van der Waals surface area contributed by atoms with Crippen LogP contribution in [0.25, 0.3) is 5.57 Å². The van der Waals surface area contributed by atoms with Crippen molar-refractivity contribution in [3.05, 3.63) is 132 Å². The first-order valence-corrected chi connectivity index (χ1v) is 35.0. The van der Waals surface area contributed by atoms with Crippen molar-refractivity contribution in [1.29, 1.82) is 0 Å². The molecule has 1 aliphatic carbocycles. The Bertz CT molecular complexity index is 3620. The molecule has 0 bridgehead atoms. The number of benzene rings is 5. The summed E-state index contributed by atoms with van der Waals surface area (Å²) in [4.78, 5) is -2.64. The third-order valence-corrected chi connectivity index (χ3v) is 22.2. The van der Waals surface area contributed by atoms with Gasteiger partial charge in [0.25, 0.3) is 0 Å². The minimum absolute atomic E-state index is 0.651. The van der Waals surface area contributed by atoms with Crippen LogP contribution in [0.2, 0.25) is 0 Å². The van der Waals surface area contributed by atoms with Gasteiger partial charge in [-0.25, -0.2) is 4.58 Å². The van der Waals surface area contributed by atoms with E-state index in [1.165, 1.54) is 33.7 Å². The molecule has 3 heterocycles. The summed E-state index contributed by atoms with van der Waals surface area (Å²) in [5.41, 5.74) is 7.37. The molecule has 1 spiro atoms. The van der Waals surface area contributed by atoms with Crippen molar-refractivity contribution in [2.75, 3.05) is 70.6 Å². The monoisotopic (exact) mass is 1150 g/mol. The van der Waals surface area contributed by atoms with Crippen molar-refractivity contribution >= 4 is 83.3 Å². The van der Waals surface area contributed by atoms with Gasteiger partial charge in [-0.2, -0.15) is 0 Å². The molecule has 0 unspecified atom stereocenters. The van der Waals surface area contributed by atoms with E-state index < -0.39 is 130 Å². The number of allylic oxidation sites excluding steroid dienone is 5. The first-order valence-electron chi connectivity index (χ1n) is 21.5. The maximum atomic E-state index is 12.7. The molecule has 0 amide bonds. The summed E-state index contributed by atoms with van der Waals surface area (Å²) in [6, 6.07) is 23.6. The van der Waals surface area contributed by atoms with E-state index in [0.29, 0.717) is 73.9 Å². The van der Waals surface area contributed by atoms with Gasteiger partial charge in [0.05, 0.1) is 0 Å². The number of rotatable bonds is 9. The van der Waals surface area contributed by atoms with Crippen LogP contribution in [0.3, 0.4) is 0 Å². The van der Waals surface area contributed by atoms with Gasteiger partial charge in [0.15, 0.2) is 5.71 Å². The molecule has 0 fully saturated rings. The number of hydrogen-bond acceptors (Lipinski definition) is 19. The molecule has 0 atom stereocenters. The van der Waals surface area contributed by atoms with Crippen molar-refractivity contribution in [1.82, 2.24) is 0 Å². The van der Waals surface area contributed by atoms with Crippen LogP contribution in [-0.2, 0) is 59.0 Å². The Balaban J connectivity index is 0.000000244. The van der Waals surface area contributed by atoms with Crippen LogP contribution in [0.5, 0.6) is 34.5 Å². The van der Waals surface area contributed by atoms with Crippen LogP contribution in [0.15, 0.2) is 150 Å². The Labute approximate surface area is 429 Å². The molecule has 0 saturated carbocycles. The number of fused-ring (bicyclic) bond motifs is 3. The zero-order chi connectivity index (χ0) is 54.6. The van der Waals surface area contributed by atoms with Crippen LogP contribution in [0.1, 0.15) is 11.1 Å². The third-order valence-electron chi connectivity index (χ3n) is 11.5. The average molecular weight is 1150 g/mol. The van der Waals surface area contributed by atoms with Gasteiger partial charge >= 0.3 is 282 Å². The van der Waals surface area contributed by atoms with E-state index >= 15 is 0 Å². The number of nitrogens with zero attached hydrogens (tertiary/aromatic N) is 2. The fourth-order valence-electron chi connectivity index (χ4n) is 8.18. The number of sulfone groups is 6. The third kappa shape index (κ3) is 9.79. The molecule has 4 aliphatic rings. The SMILES string of the molecule is CN(C)c1ccc(C(=C2C=CC(=[N+](C)C)C=C2)c2ccccc2)cc1.CS(=O)(=O)c1cc2c(cc1S(C)(=O)=O)O[P-]13(O2)(Oc2cc(S(C)(=O)=O)c(S(C)(=O)=O)cc2O1)Oc1cc(S(C)(=O)=O)c(S(C)(=O)=O)cc1O3. The Morgan fingerprint density at radius 2 is 0.676 bits per heavy atom. The molecule has 5 aromatic rings. The summed E-state index contributed by atoms with van der Waals surface area (Å²) in [5, 5.41) is 0. The van der Waals surface area contributed by atoms with Crippen molar-refractivity contribution in [2.24, 2.45) is 0 Å². The van der Waals surface area contributed by atoms with E-state index in [4.69, 9.17) is 27.1 Å². The Kier molecular flexibility index (Phi) is 12.5. The Morgan fingerprint density at radius 1 is 0.405 bits per heavy atom. The van der Waals surface area contributed by atoms with Crippen LogP contribution >= 0.6 is 7.31 Å². The van der Waals surface area contributed by atoms with Gasteiger partial charge < -0.3 is 4.90 Å². The topological polar surface area (TPSA) is 266 Å². The summed E-state index contributed by atoms with van der Waals surface area (Å²) in [7, 11) is -25.1. The summed E-state index contributed by atoms with van der Waals surface area (Å²) >= 11 is 0. The molecule has 27 heteroatoms. The van der Waals surface area contributed by atoms with Gasteiger partial charge in [-0.3, -0.25) is 0 Å². The van der Waals surface area contributed by atoms with E-state index in [1.54, 1.807) is 0 Å². The first kappa shape index (κ1) is 54.0. The van der Waals surface area contributed by atoms with Crippen LogP contribution in [-0.4, -0.2) is 127 Å². The zero-order valence-corrected chi connectivity index (χ0v) is 46.9. The van der Waals surface area contributed by atoms with E-state index in [0.717, 1.165) is 0 Å². The average Bonchev–Trinajstić information content (AvgIpc) is 3.84. The van der Waals surface area contributed by atoms with E-state index in [2.05, 4.69) is 117 Å². The number of hydrogen-bond donors (Lipinski definition) is 0. The van der Waals surface area contributed by atoms with E-state index in [-0.39, 0.29) is 0 Å². The molecule has 0 aromatic heterocycles. The summed E-state index contributed by atoms with van der Waals surface area (Å²) in [6.07, 6.45) is 12.9. The van der Waals surface area contributed by atoms with Gasteiger partial charge in [-0.05, 0) is 46.6 Å². The maximum absolute atomic E-state index is 12.7. The molecule has 3 aliphatic heterocycles. The van der Waals surface area contributed by atoms with Crippen molar-refractivity contribution in [3.8, 4) is 34.5 Å². The molecule has 0 N–H and O–H groups in total. The molecule has 9 rings (SSSR count). The Morgan fingerprint density at radius 3 is 0.919 bits per heavy atom. The predicted molar refractivity (Wildman–Crippen MR) is 277 cm³/mol. The van der Waals surface area contributed by atoms with Gasteiger partial charge in [0.1, 0.15) is 14.1 Å². The second-order valence-corrected chi connectivity index (χ2v) is 33.4. The van der Waals surface area contributed by atoms with E-state index in [9.17, 15) is 50.5 Å². The fourth-order valence-corrected chi connectivity index (χ4v) is 19.2. The minimum atomic E-state index is -7.31. The summed E-state index contributed by atoms with van der Waals surface area (Å²) in [6.45, 7) is 0. The van der Waals surface area contributed by atoms with Crippen LogP contribution in [0, 0.1) is 0 Å². The number of anilines is 1. The molecule has 0 saturated heterocycles. The molecular weight excluding hydrogens is 1100 g/mol. The van der Waals surface area contributed by atoms with Gasteiger partial charge in [0.2, 0.25) is 0 Å². The van der Waals surface area contributed by atoms with Crippen molar-refractivity contribution in [3.63, 3.8) is 0 Å². The van der Waals surface area contributed by atoms with Gasteiger partial charge in [-0.15, -0.1) is 0 Å². The van der Waals surface area contributed by atoms with Crippen LogP contribution < -0.4 is 32.0 Å².